The summed E-state index contributed by atoms with van der Waals surface area (Å²) in [5.41, 5.74) is 1.24. The molecule has 21 heavy (non-hydrogen) atoms. The summed E-state index contributed by atoms with van der Waals surface area (Å²) in [6, 6.07) is 8.03. The van der Waals surface area contributed by atoms with Crippen molar-refractivity contribution in [2.75, 3.05) is 27.4 Å². The minimum atomic E-state index is -0.117. The first-order valence-electron chi connectivity index (χ1n) is 7.32. The number of ether oxygens (including phenoxy) is 2. The van der Waals surface area contributed by atoms with Crippen molar-refractivity contribution in [2.45, 2.75) is 32.2 Å². The summed E-state index contributed by atoms with van der Waals surface area (Å²) in [7, 11) is 3.31. The number of hydrogen-bond acceptors (Lipinski definition) is 3. The Labute approximate surface area is 127 Å². The molecule has 5 nitrogen and oxygen atoms in total. The molecule has 1 aromatic rings. The highest BCUT2D eigenvalue weighted by Crippen LogP contribution is 2.13. The summed E-state index contributed by atoms with van der Waals surface area (Å²) < 4.78 is 10.1. The second kappa shape index (κ2) is 10.0. The van der Waals surface area contributed by atoms with Gasteiger partial charge >= 0.3 is 6.03 Å². The van der Waals surface area contributed by atoms with Gasteiger partial charge in [-0.3, -0.25) is 0 Å². The van der Waals surface area contributed by atoms with Crippen LogP contribution >= 0.6 is 0 Å². The monoisotopic (exact) mass is 294 g/mol. The fourth-order valence-corrected chi connectivity index (χ4v) is 1.94. The fraction of sp³-hybridized carbons (Fsp3) is 0.562. The van der Waals surface area contributed by atoms with Gasteiger partial charge in [-0.15, -0.1) is 0 Å². The van der Waals surface area contributed by atoms with Gasteiger partial charge in [0.15, 0.2) is 0 Å². The lowest BCUT2D eigenvalue weighted by Crippen LogP contribution is -2.41. The van der Waals surface area contributed by atoms with Crippen LogP contribution in [0.4, 0.5) is 4.79 Å². The summed E-state index contributed by atoms with van der Waals surface area (Å²) in [6.45, 7) is 3.30. The van der Waals surface area contributed by atoms with Crippen LogP contribution in [0.15, 0.2) is 24.3 Å². The molecule has 1 atom stereocenters. The van der Waals surface area contributed by atoms with Crippen molar-refractivity contribution in [3.63, 3.8) is 0 Å². The molecule has 1 rings (SSSR count). The molecular weight excluding hydrogens is 268 g/mol. The van der Waals surface area contributed by atoms with Gasteiger partial charge in [0.25, 0.3) is 0 Å². The number of carbonyl (C=O) groups is 1. The summed E-state index contributed by atoms with van der Waals surface area (Å²) in [5, 5.41) is 5.75. The van der Waals surface area contributed by atoms with Crippen LogP contribution in [0.2, 0.25) is 0 Å². The maximum atomic E-state index is 11.6. The van der Waals surface area contributed by atoms with Gasteiger partial charge in [0.05, 0.1) is 7.11 Å². The number of benzene rings is 1. The molecule has 0 spiro atoms. The van der Waals surface area contributed by atoms with Crippen LogP contribution in [0.5, 0.6) is 5.75 Å². The Morgan fingerprint density at radius 1 is 1.24 bits per heavy atom. The van der Waals surface area contributed by atoms with Crippen molar-refractivity contribution in [3.05, 3.63) is 29.8 Å². The zero-order valence-electron chi connectivity index (χ0n) is 13.1. The number of amides is 2. The van der Waals surface area contributed by atoms with E-state index >= 15 is 0 Å². The van der Waals surface area contributed by atoms with Crippen molar-refractivity contribution in [1.29, 1.82) is 0 Å². The van der Waals surface area contributed by atoms with Crippen LogP contribution in [0, 0.1) is 0 Å². The van der Waals surface area contributed by atoms with Crippen LogP contribution in [0.3, 0.4) is 0 Å². The Kier molecular flexibility index (Phi) is 8.28. The molecule has 0 saturated carbocycles. The average Bonchev–Trinajstić information content (AvgIpc) is 2.50. The van der Waals surface area contributed by atoms with E-state index in [1.807, 2.05) is 19.1 Å². The van der Waals surface area contributed by atoms with Crippen molar-refractivity contribution in [1.82, 2.24) is 10.6 Å². The van der Waals surface area contributed by atoms with Gasteiger partial charge in [-0.2, -0.15) is 0 Å². The van der Waals surface area contributed by atoms with Crippen LogP contribution in [0.1, 0.15) is 25.3 Å². The highest BCUT2D eigenvalue weighted by molar-refractivity contribution is 5.74. The van der Waals surface area contributed by atoms with Crippen LogP contribution in [-0.2, 0) is 11.2 Å². The van der Waals surface area contributed by atoms with Gasteiger partial charge < -0.3 is 20.1 Å². The van der Waals surface area contributed by atoms with Crippen LogP contribution in [-0.4, -0.2) is 39.4 Å². The van der Waals surface area contributed by atoms with Gasteiger partial charge in [0, 0.05) is 26.3 Å². The molecule has 0 aliphatic heterocycles. The van der Waals surface area contributed by atoms with Gasteiger partial charge in [-0.1, -0.05) is 12.1 Å². The predicted molar refractivity (Wildman–Crippen MR) is 83.8 cm³/mol. The van der Waals surface area contributed by atoms with Gasteiger partial charge in [0.2, 0.25) is 0 Å². The standard InChI is InChI=1S/C16H26N2O3/c1-13(18-16(19)17-11-4-12-20-2)5-6-14-7-9-15(21-3)10-8-14/h7-10,13H,4-6,11-12H2,1-3H3,(H2,17,18,19)/t13-/m0/s1. The normalized spacial score (nSPS) is 11.8. The van der Waals surface area contributed by atoms with Crippen LogP contribution < -0.4 is 15.4 Å². The summed E-state index contributed by atoms with van der Waals surface area (Å²) in [4.78, 5) is 11.6. The molecule has 0 aliphatic rings. The smallest absolute Gasteiger partial charge is 0.314 e. The third kappa shape index (κ3) is 7.56. The van der Waals surface area contributed by atoms with E-state index in [4.69, 9.17) is 9.47 Å². The summed E-state index contributed by atoms with van der Waals surface area (Å²) in [6.07, 6.45) is 2.65. The first kappa shape index (κ1) is 17.3. The molecule has 2 amide bonds. The highest BCUT2D eigenvalue weighted by atomic mass is 16.5. The molecule has 0 unspecified atom stereocenters. The first-order valence-corrected chi connectivity index (χ1v) is 7.32. The Morgan fingerprint density at radius 2 is 1.95 bits per heavy atom. The maximum absolute atomic E-state index is 11.6. The lowest BCUT2D eigenvalue weighted by molar-refractivity contribution is 0.193. The number of carbonyl (C=O) groups excluding carboxylic acids is 1. The molecule has 0 aliphatic carbocycles. The van der Waals surface area contributed by atoms with E-state index in [-0.39, 0.29) is 12.1 Å². The topological polar surface area (TPSA) is 59.6 Å². The molecule has 1 aromatic carbocycles. The minimum Gasteiger partial charge on any atom is -0.497 e. The Hall–Kier alpha value is -1.75. The van der Waals surface area contributed by atoms with E-state index < -0.39 is 0 Å². The Bertz CT molecular complexity index is 406. The maximum Gasteiger partial charge on any atom is 0.314 e. The molecule has 118 valence electrons. The van der Waals surface area contributed by atoms with Gasteiger partial charge in [-0.25, -0.2) is 4.79 Å². The van der Waals surface area contributed by atoms with Gasteiger partial charge in [-0.05, 0) is 43.9 Å². The molecule has 0 aromatic heterocycles. The average molecular weight is 294 g/mol. The van der Waals surface area contributed by atoms with E-state index in [0.29, 0.717) is 13.2 Å². The molecule has 2 N–H and O–H groups in total. The number of hydrogen-bond donors (Lipinski definition) is 2. The third-order valence-electron chi connectivity index (χ3n) is 3.21. The Morgan fingerprint density at radius 3 is 2.57 bits per heavy atom. The van der Waals surface area contributed by atoms with Gasteiger partial charge in [0.1, 0.15) is 5.75 Å². The molecule has 0 fully saturated rings. The largest absolute Gasteiger partial charge is 0.497 e. The number of rotatable bonds is 9. The number of aryl methyl sites for hydroxylation is 1. The third-order valence-corrected chi connectivity index (χ3v) is 3.21. The molecule has 0 bridgehead atoms. The highest BCUT2D eigenvalue weighted by Gasteiger charge is 2.06. The molecule has 0 heterocycles. The molecule has 5 heteroatoms. The van der Waals surface area contributed by atoms with E-state index in [1.165, 1.54) is 5.56 Å². The van der Waals surface area contributed by atoms with E-state index in [9.17, 15) is 4.79 Å². The first-order chi connectivity index (χ1) is 10.2. The second-order valence-corrected chi connectivity index (χ2v) is 5.03. The SMILES string of the molecule is COCCCNC(=O)N[C@@H](C)CCc1ccc(OC)cc1. The quantitative estimate of drug-likeness (QED) is 0.687. The molecular formula is C16H26N2O3. The lowest BCUT2D eigenvalue weighted by atomic mass is 10.1. The van der Waals surface area contributed by atoms with E-state index in [1.54, 1.807) is 14.2 Å². The summed E-state index contributed by atoms with van der Waals surface area (Å²) >= 11 is 0. The summed E-state index contributed by atoms with van der Waals surface area (Å²) in [5.74, 6) is 0.861. The van der Waals surface area contributed by atoms with Crippen molar-refractivity contribution < 1.29 is 14.3 Å². The van der Waals surface area contributed by atoms with Crippen molar-refractivity contribution in [2.24, 2.45) is 0 Å². The van der Waals surface area contributed by atoms with E-state index in [2.05, 4.69) is 22.8 Å². The van der Waals surface area contributed by atoms with Crippen LogP contribution in [0.25, 0.3) is 0 Å². The lowest BCUT2D eigenvalue weighted by Gasteiger charge is -2.14. The number of nitrogens with one attached hydrogen (secondary N) is 2. The fourth-order valence-electron chi connectivity index (χ4n) is 1.94. The molecule has 0 radical (unpaired) electrons. The zero-order chi connectivity index (χ0) is 15.5. The number of urea groups is 1. The van der Waals surface area contributed by atoms with Crippen molar-refractivity contribution >= 4 is 6.03 Å². The predicted octanol–water partition coefficient (Wildman–Crippen LogP) is 2.35. The molecule has 0 saturated heterocycles. The minimum absolute atomic E-state index is 0.117. The van der Waals surface area contributed by atoms with E-state index in [0.717, 1.165) is 25.0 Å². The number of methoxy groups -OCH3 is 2. The Balaban J connectivity index is 2.20. The second-order valence-electron chi connectivity index (χ2n) is 5.03. The van der Waals surface area contributed by atoms with Crippen molar-refractivity contribution in [3.8, 4) is 5.75 Å². The zero-order valence-corrected chi connectivity index (χ0v) is 13.1.